The molecular weight excluding hydrogens is 520 g/mol. The summed E-state index contributed by atoms with van der Waals surface area (Å²) >= 11 is 6.43. The SMILES string of the molecule is C=CC(=O)Nc1cc(Cc2ncc(Cl)c(Cc3ccccc3C(=O)C(=O)N(C)C)n2)ccc1OC1CCOC1. The van der Waals surface area contributed by atoms with E-state index in [9.17, 15) is 14.4 Å². The minimum atomic E-state index is -0.607. The van der Waals surface area contributed by atoms with Crippen molar-refractivity contribution >= 4 is 34.9 Å². The molecule has 2 aromatic carbocycles. The Morgan fingerprint density at radius 2 is 2.00 bits per heavy atom. The number of benzene rings is 2. The lowest BCUT2D eigenvalue weighted by Gasteiger charge is -2.17. The Balaban J connectivity index is 1.57. The van der Waals surface area contributed by atoms with Crippen LogP contribution in [0.2, 0.25) is 5.02 Å². The molecule has 1 unspecified atom stereocenters. The number of ether oxygens (including phenoxy) is 2. The predicted octanol–water partition coefficient (Wildman–Crippen LogP) is 3.87. The van der Waals surface area contributed by atoms with Crippen LogP contribution in [-0.2, 0) is 27.2 Å². The molecule has 1 atom stereocenters. The second kappa shape index (κ2) is 12.6. The number of nitrogens with one attached hydrogen (secondary N) is 1. The maximum atomic E-state index is 12.7. The average Bonchev–Trinajstić information content (AvgIpc) is 3.44. The van der Waals surface area contributed by atoms with Gasteiger partial charge < -0.3 is 19.7 Å². The number of rotatable bonds is 10. The summed E-state index contributed by atoms with van der Waals surface area (Å²) in [5, 5.41) is 3.15. The molecular formula is C29H29ClN4O5. The fourth-order valence-corrected chi connectivity index (χ4v) is 4.24. The molecule has 4 rings (SSSR count). The van der Waals surface area contributed by atoms with E-state index in [1.54, 1.807) is 30.3 Å². The van der Waals surface area contributed by atoms with Crippen LogP contribution in [0.3, 0.4) is 0 Å². The van der Waals surface area contributed by atoms with Gasteiger partial charge in [0.15, 0.2) is 0 Å². The van der Waals surface area contributed by atoms with E-state index in [2.05, 4.69) is 21.9 Å². The second-order valence-electron chi connectivity index (χ2n) is 9.25. The van der Waals surface area contributed by atoms with Crippen molar-refractivity contribution in [3.8, 4) is 5.75 Å². The zero-order valence-electron chi connectivity index (χ0n) is 21.8. The monoisotopic (exact) mass is 548 g/mol. The molecule has 1 N–H and O–H groups in total. The summed E-state index contributed by atoms with van der Waals surface area (Å²) in [6.45, 7) is 4.65. The average molecular weight is 549 g/mol. The fourth-order valence-electron chi connectivity index (χ4n) is 4.09. The molecule has 0 radical (unpaired) electrons. The van der Waals surface area contributed by atoms with Gasteiger partial charge in [0.05, 0.1) is 29.6 Å². The summed E-state index contributed by atoms with van der Waals surface area (Å²) in [7, 11) is 3.07. The third kappa shape index (κ3) is 7.07. The summed E-state index contributed by atoms with van der Waals surface area (Å²) < 4.78 is 11.4. The quantitative estimate of drug-likeness (QED) is 0.232. The van der Waals surface area contributed by atoms with Crippen molar-refractivity contribution < 1.29 is 23.9 Å². The van der Waals surface area contributed by atoms with Gasteiger partial charge in [0.25, 0.3) is 11.7 Å². The Labute approximate surface area is 231 Å². The number of carbonyl (C=O) groups is 3. The van der Waals surface area contributed by atoms with Gasteiger partial charge in [-0.1, -0.05) is 48.5 Å². The summed E-state index contributed by atoms with van der Waals surface area (Å²) in [6, 6.07) is 12.4. The Morgan fingerprint density at radius 3 is 2.72 bits per heavy atom. The van der Waals surface area contributed by atoms with Gasteiger partial charge in [-0.3, -0.25) is 14.4 Å². The molecule has 1 aliphatic heterocycles. The van der Waals surface area contributed by atoms with Crippen LogP contribution in [-0.4, -0.2) is 65.9 Å². The van der Waals surface area contributed by atoms with E-state index in [4.69, 9.17) is 21.1 Å². The van der Waals surface area contributed by atoms with Crippen LogP contribution in [0, 0.1) is 0 Å². The van der Waals surface area contributed by atoms with E-state index in [0.717, 1.165) is 12.0 Å². The first-order chi connectivity index (χ1) is 18.7. The summed E-state index contributed by atoms with van der Waals surface area (Å²) in [5.74, 6) is -0.520. The van der Waals surface area contributed by atoms with Crippen molar-refractivity contribution in [3.05, 3.63) is 94.5 Å². The zero-order chi connectivity index (χ0) is 27.9. The van der Waals surface area contributed by atoms with E-state index < -0.39 is 11.7 Å². The fraction of sp³-hybridized carbons (Fsp3) is 0.276. The maximum absolute atomic E-state index is 12.7. The number of ketones is 1. The Morgan fingerprint density at radius 1 is 1.21 bits per heavy atom. The van der Waals surface area contributed by atoms with Gasteiger partial charge in [-0.15, -0.1) is 0 Å². The normalized spacial score (nSPS) is 14.5. The molecule has 39 heavy (non-hydrogen) atoms. The molecule has 202 valence electrons. The van der Waals surface area contributed by atoms with E-state index in [-0.39, 0.29) is 18.4 Å². The molecule has 3 aromatic rings. The van der Waals surface area contributed by atoms with E-state index in [1.807, 2.05) is 12.1 Å². The number of hydrogen-bond acceptors (Lipinski definition) is 7. The second-order valence-corrected chi connectivity index (χ2v) is 9.65. The smallest absolute Gasteiger partial charge is 0.294 e. The number of aromatic nitrogens is 2. The highest BCUT2D eigenvalue weighted by atomic mass is 35.5. The molecule has 0 bridgehead atoms. The summed E-state index contributed by atoms with van der Waals surface area (Å²) in [5.41, 5.74) is 2.82. The summed E-state index contributed by atoms with van der Waals surface area (Å²) in [6.07, 6.45) is 4.00. The van der Waals surface area contributed by atoms with Gasteiger partial charge in [-0.05, 0) is 29.3 Å². The van der Waals surface area contributed by atoms with Crippen molar-refractivity contribution in [2.24, 2.45) is 0 Å². The lowest BCUT2D eigenvalue weighted by Crippen LogP contribution is -2.30. The number of carbonyl (C=O) groups excluding carboxylic acids is 3. The molecule has 0 aliphatic carbocycles. The van der Waals surface area contributed by atoms with Gasteiger partial charge in [0.1, 0.15) is 17.7 Å². The van der Waals surface area contributed by atoms with E-state index in [0.29, 0.717) is 58.7 Å². The molecule has 2 amide bonds. The first kappa shape index (κ1) is 27.9. The zero-order valence-corrected chi connectivity index (χ0v) is 22.5. The number of amides is 2. The van der Waals surface area contributed by atoms with Crippen LogP contribution >= 0.6 is 11.6 Å². The van der Waals surface area contributed by atoms with Crippen molar-refractivity contribution in [2.45, 2.75) is 25.4 Å². The van der Waals surface area contributed by atoms with Gasteiger partial charge >= 0.3 is 0 Å². The highest BCUT2D eigenvalue weighted by Gasteiger charge is 2.22. The van der Waals surface area contributed by atoms with Crippen molar-refractivity contribution in [2.75, 3.05) is 32.6 Å². The molecule has 1 saturated heterocycles. The van der Waals surface area contributed by atoms with Crippen LogP contribution in [0.15, 0.2) is 61.3 Å². The highest BCUT2D eigenvalue weighted by molar-refractivity contribution is 6.43. The van der Waals surface area contributed by atoms with Crippen LogP contribution < -0.4 is 10.1 Å². The molecule has 9 nitrogen and oxygen atoms in total. The Hall–Kier alpha value is -4.08. The number of hydrogen-bond donors (Lipinski definition) is 1. The molecule has 2 heterocycles. The van der Waals surface area contributed by atoms with Gasteiger partial charge in [-0.25, -0.2) is 9.97 Å². The molecule has 0 spiro atoms. The number of anilines is 1. The lowest BCUT2D eigenvalue weighted by atomic mass is 9.99. The number of halogens is 1. The standard InChI is InChI=1S/C29H29ClN4O5/c1-4-27(35)33-24-13-18(9-10-25(24)39-20-11-12-38-17-20)14-26-31-16-22(30)23(32-26)15-19-7-5-6-8-21(19)28(36)29(37)34(2)3/h4-10,13,16,20H,1,11-12,14-15,17H2,2-3H3,(H,33,35). The van der Waals surface area contributed by atoms with Crippen LogP contribution in [0.4, 0.5) is 5.69 Å². The molecule has 1 fully saturated rings. The molecule has 1 aromatic heterocycles. The maximum Gasteiger partial charge on any atom is 0.294 e. The van der Waals surface area contributed by atoms with Crippen molar-refractivity contribution in [3.63, 3.8) is 0 Å². The van der Waals surface area contributed by atoms with Crippen molar-refractivity contribution in [1.82, 2.24) is 14.9 Å². The number of nitrogens with zero attached hydrogens (tertiary/aromatic N) is 3. The molecule has 10 heteroatoms. The first-order valence-electron chi connectivity index (χ1n) is 12.4. The van der Waals surface area contributed by atoms with Crippen molar-refractivity contribution in [1.29, 1.82) is 0 Å². The Kier molecular flexibility index (Phi) is 9.06. The third-order valence-electron chi connectivity index (χ3n) is 6.12. The lowest BCUT2D eigenvalue weighted by molar-refractivity contribution is -0.124. The topological polar surface area (TPSA) is 111 Å². The minimum absolute atomic E-state index is 0.0832. The van der Waals surface area contributed by atoms with E-state index in [1.165, 1.54) is 31.3 Å². The highest BCUT2D eigenvalue weighted by Crippen LogP contribution is 2.29. The van der Waals surface area contributed by atoms with Gasteiger partial charge in [0, 0.05) is 45.1 Å². The van der Waals surface area contributed by atoms with Crippen LogP contribution in [0.1, 0.15) is 39.4 Å². The number of likely N-dealkylation sites (N-methyl/N-ethyl adjacent to an activating group) is 1. The molecule has 0 saturated carbocycles. The minimum Gasteiger partial charge on any atom is -0.486 e. The first-order valence-corrected chi connectivity index (χ1v) is 12.8. The predicted molar refractivity (Wildman–Crippen MR) is 147 cm³/mol. The molecule has 1 aliphatic rings. The number of Topliss-reactive ketones (excluding diaryl/α,β-unsaturated/α-hetero) is 1. The summed E-state index contributed by atoms with van der Waals surface area (Å²) in [4.78, 5) is 47.4. The van der Waals surface area contributed by atoms with Crippen LogP contribution in [0.5, 0.6) is 5.75 Å². The largest absolute Gasteiger partial charge is 0.486 e. The van der Waals surface area contributed by atoms with Gasteiger partial charge in [0.2, 0.25) is 5.91 Å². The van der Waals surface area contributed by atoms with Gasteiger partial charge in [-0.2, -0.15) is 0 Å². The van der Waals surface area contributed by atoms with Crippen LogP contribution in [0.25, 0.3) is 0 Å². The Bertz CT molecular complexity index is 1400. The third-order valence-corrected chi connectivity index (χ3v) is 6.43. The van der Waals surface area contributed by atoms with E-state index >= 15 is 0 Å².